The Kier molecular flexibility index (Phi) is 4.90. The zero-order valence-corrected chi connectivity index (χ0v) is 16.0. The summed E-state index contributed by atoms with van der Waals surface area (Å²) < 4.78 is 10.6. The summed E-state index contributed by atoms with van der Waals surface area (Å²) in [6.07, 6.45) is 0. The van der Waals surface area contributed by atoms with E-state index in [1.807, 2.05) is 32.0 Å². The SMILES string of the molecule is COc1cc(NC2=C(c3ccc(C)cc3C)C(=O)N(C)C2=O)cc(OC)c1. The average molecular weight is 366 g/mol. The Labute approximate surface area is 158 Å². The summed E-state index contributed by atoms with van der Waals surface area (Å²) in [7, 11) is 4.59. The third kappa shape index (κ3) is 3.38. The molecular weight excluding hydrogens is 344 g/mol. The van der Waals surface area contributed by atoms with Gasteiger partial charge in [0, 0.05) is 30.9 Å². The van der Waals surface area contributed by atoms with Crippen molar-refractivity contribution in [2.45, 2.75) is 13.8 Å². The van der Waals surface area contributed by atoms with E-state index in [1.165, 1.54) is 7.05 Å². The van der Waals surface area contributed by atoms with Crippen LogP contribution in [0, 0.1) is 13.8 Å². The number of imide groups is 1. The molecule has 2 amide bonds. The number of benzene rings is 2. The van der Waals surface area contributed by atoms with Gasteiger partial charge in [-0.05, 0) is 25.0 Å². The van der Waals surface area contributed by atoms with Crippen molar-refractivity contribution in [1.29, 1.82) is 0 Å². The molecule has 0 aliphatic carbocycles. The van der Waals surface area contributed by atoms with E-state index >= 15 is 0 Å². The lowest BCUT2D eigenvalue weighted by Gasteiger charge is -2.12. The molecule has 1 aliphatic rings. The number of aryl methyl sites for hydroxylation is 2. The lowest BCUT2D eigenvalue weighted by atomic mass is 9.97. The van der Waals surface area contributed by atoms with Crippen molar-refractivity contribution in [3.05, 3.63) is 58.8 Å². The summed E-state index contributed by atoms with van der Waals surface area (Å²) in [5, 5.41) is 3.10. The molecule has 1 heterocycles. The number of anilines is 1. The summed E-state index contributed by atoms with van der Waals surface area (Å²) in [4.78, 5) is 26.6. The minimum Gasteiger partial charge on any atom is -0.497 e. The highest BCUT2D eigenvalue weighted by molar-refractivity contribution is 6.36. The normalized spacial score (nSPS) is 14.0. The van der Waals surface area contributed by atoms with Crippen LogP contribution in [0.25, 0.3) is 5.57 Å². The number of amides is 2. The molecule has 0 unspecified atom stereocenters. The van der Waals surface area contributed by atoms with Crippen LogP contribution in [0.4, 0.5) is 5.69 Å². The molecule has 1 aliphatic heterocycles. The lowest BCUT2D eigenvalue weighted by molar-refractivity contribution is -0.135. The molecule has 27 heavy (non-hydrogen) atoms. The highest BCUT2D eigenvalue weighted by atomic mass is 16.5. The average Bonchev–Trinajstić information content (AvgIpc) is 2.85. The van der Waals surface area contributed by atoms with Crippen molar-refractivity contribution in [3.63, 3.8) is 0 Å². The topological polar surface area (TPSA) is 67.9 Å². The van der Waals surface area contributed by atoms with Crippen molar-refractivity contribution < 1.29 is 19.1 Å². The maximum Gasteiger partial charge on any atom is 0.277 e. The van der Waals surface area contributed by atoms with Crippen LogP contribution < -0.4 is 14.8 Å². The van der Waals surface area contributed by atoms with Crippen LogP contribution in [0.5, 0.6) is 11.5 Å². The van der Waals surface area contributed by atoms with Gasteiger partial charge < -0.3 is 14.8 Å². The fourth-order valence-electron chi connectivity index (χ4n) is 3.13. The van der Waals surface area contributed by atoms with Gasteiger partial charge in [-0.2, -0.15) is 0 Å². The Morgan fingerprint density at radius 3 is 2.07 bits per heavy atom. The van der Waals surface area contributed by atoms with Gasteiger partial charge >= 0.3 is 0 Å². The summed E-state index contributed by atoms with van der Waals surface area (Å²) in [6.45, 7) is 3.91. The second kappa shape index (κ2) is 7.15. The first-order valence-corrected chi connectivity index (χ1v) is 8.50. The van der Waals surface area contributed by atoms with Gasteiger partial charge in [0.05, 0.1) is 19.8 Å². The van der Waals surface area contributed by atoms with Crippen LogP contribution in [-0.4, -0.2) is 38.0 Å². The van der Waals surface area contributed by atoms with Gasteiger partial charge in [-0.1, -0.05) is 23.8 Å². The van der Waals surface area contributed by atoms with Crippen molar-refractivity contribution in [2.75, 3.05) is 26.6 Å². The van der Waals surface area contributed by atoms with E-state index in [9.17, 15) is 9.59 Å². The van der Waals surface area contributed by atoms with Gasteiger partial charge in [0.1, 0.15) is 17.2 Å². The summed E-state index contributed by atoms with van der Waals surface area (Å²) in [5.41, 5.74) is 3.96. The molecule has 1 N–H and O–H groups in total. The van der Waals surface area contributed by atoms with E-state index in [0.29, 0.717) is 22.8 Å². The number of hydrogen-bond donors (Lipinski definition) is 1. The number of carbonyl (C=O) groups is 2. The standard InChI is InChI=1S/C21H22N2O4/c1-12-6-7-17(13(2)8-12)18-19(21(25)23(3)20(18)24)22-14-9-15(26-4)11-16(10-14)27-5/h6-11,22H,1-5H3. The highest BCUT2D eigenvalue weighted by Crippen LogP contribution is 2.33. The number of nitrogens with zero attached hydrogens (tertiary/aromatic N) is 1. The minimum absolute atomic E-state index is 0.241. The largest absolute Gasteiger partial charge is 0.497 e. The van der Waals surface area contributed by atoms with Gasteiger partial charge in [0.15, 0.2) is 0 Å². The van der Waals surface area contributed by atoms with E-state index in [4.69, 9.17) is 9.47 Å². The molecule has 3 rings (SSSR count). The number of ether oxygens (including phenoxy) is 2. The molecule has 0 atom stereocenters. The van der Waals surface area contributed by atoms with Gasteiger partial charge in [0.25, 0.3) is 11.8 Å². The van der Waals surface area contributed by atoms with Crippen LogP contribution in [0.2, 0.25) is 0 Å². The molecule has 2 aromatic rings. The predicted molar refractivity (Wildman–Crippen MR) is 104 cm³/mol. The fourth-order valence-corrected chi connectivity index (χ4v) is 3.13. The Bertz CT molecular complexity index is 940. The second-order valence-corrected chi connectivity index (χ2v) is 6.46. The number of hydrogen-bond acceptors (Lipinski definition) is 5. The summed E-state index contributed by atoms with van der Waals surface area (Å²) >= 11 is 0. The lowest BCUT2D eigenvalue weighted by Crippen LogP contribution is -2.28. The summed E-state index contributed by atoms with van der Waals surface area (Å²) in [5.74, 6) is 0.451. The van der Waals surface area contributed by atoms with Crippen molar-refractivity contribution in [3.8, 4) is 11.5 Å². The van der Waals surface area contributed by atoms with Crippen molar-refractivity contribution in [1.82, 2.24) is 4.90 Å². The van der Waals surface area contributed by atoms with Gasteiger partial charge in [-0.25, -0.2) is 0 Å². The number of rotatable bonds is 5. The fraction of sp³-hybridized carbons (Fsp3) is 0.238. The molecule has 0 aromatic heterocycles. The molecule has 2 aromatic carbocycles. The molecule has 6 nitrogen and oxygen atoms in total. The Balaban J connectivity index is 2.13. The Morgan fingerprint density at radius 1 is 0.889 bits per heavy atom. The van der Waals surface area contributed by atoms with Gasteiger partial charge in [-0.15, -0.1) is 0 Å². The van der Waals surface area contributed by atoms with E-state index in [-0.39, 0.29) is 17.5 Å². The highest BCUT2D eigenvalue weighted by Gasteiger charge is 2.37. The quantitative estimate of drug-likeness (QED) is 0.824. The van der Waals surface area contributed by atoms with Crippen LogP contribution in [0.15, 0.2) is 42.1 Å². The Hall–Kier alpha value is -3.28. The van der Waals surface area contributed by atoms with Crippen molar-refractivity contribution in [2.24, 2.45) is 0 Å². The van der Waals surface area contributed by atoms with Crippen LogP contribution in [-0.2, 0) is 9.59 Å². The molecule has 0 fully saturated rings. The van der Waals surface area contributed by atoms with Gasteiger partial charge in [-0.3, -0.25) is 14.5 Å². The minimum atomic E-state index is -0.378. The first-order chi connectivity index (χ1) is 12.8. The number of methoxy groups -OCH3 is 2. The summed E-state index contributed by atoms with van der Waals surface area (Å²) in [6, 6.07) is 11.0. The molecule has 140 valence electrons. The van der Waals surface area contributed by atoms with Crippen LogP contribution in [0.1, 0.15) is 16.7 Å². The molecule has 0 bridgehead atoms. The molecule has 0 saturated heterocycles. The zero-order valence-electron chi connectivity index (χ0n) is 16.0. The monoisotopic (exact) mass is 366 g/mol. The number of carbonyl (C=O) groups excluding carboxylic acids is 2. The van der Waals surface area contributed by atoms with Crippen LogP contribution >= 0.6 is 0 Å². The third-order valence-corrected chi connectivity index (χ3v) is 4.56. The van der Waals surface area contributed by atoms with E-state index in [0.717, 1.165) is 21.6 Å². The molecule has 0 spiro atoms. The first-order valence-electron chi connectivity index (χ1n) is 8.50. The predicted octanol–water partition coefficient (Wildman–Crippen LogP) is 3.14. The molecular formula is C21H22N2O4. The molecule has 0 saturated carbocycles. The molecule has 0 radical (unpaired) electrons. The smallest absolute Gasteiger partial charge is 0.277 e. The van der Waals surface area contributed by atoms with Crippen molar-refractivity contribution >= 4 is 23.1 Å². The van der Waals surface area contributed by atoms with E-state index in [2.05, 4.69) is 5.32 Å². The maximum atomic E-state index is 12.8. The third-order valence-electron chi connectivity index (χ3n) is 4.56. The maximum absolute atomic E-state index is 12.8. The van der Waals surface area contributed by atoms with Gasteiger partial charge in [0.2, 0.25) is 0 Å². The number of nitrogens with one attached hydrogen (secondary N) is 1. The van der Waals surface area contributed by atoms with Crippen LogP contribution in [0.3, 0.4) is 0 Å². The zero-order chi connectivity index (χ0) is 19.7. The van der Waals surface area contributed by atoms with E-state index in [1.54, 1.807) is 32.4 Å². The number of likely N-dealkylation sites (N-methyl/N-ethyl adjacent to an activating group) is 1. The second-order valence-electron chi connectivity index (χ2n) is 6.46. The molecule has 6 heteroatoms. The van der Waals surface area contributed by atoms with E-state index < -0.39 is 0 Å². The Morgan fingerprint density at radius 2 is 1.52 bits per heavy atom. The first kappa shape index (κ1) is 18.5.